The molecule has 2 rings (SSSR count). The van der Waals surface area contributed by atoms with Crippen LogP contribution < -0.4 is 0 Å². The molecule has 0 fully saturated rings. The lowest BCUT2D eigenvalue weighted by Gasteiger charge is -2.17. The number of hydrogen-bond donors (Lipinski definition) is 1. The summed E-state index contributed by atoms with van der Waals surface area (Å²) in [5.41, 5.74) is 2.18. The van der Waals surface area contributed by atoms with Gasteiger partial charge in [-0.3, -0.25) is 9.59 Å². The topological polar surface area (TPSA) is 83.8 Å². The van der Waals surface area contributed by atoms with Gasteiger partial charge in [0.2, 0.25) is 0 Å². The first-order valence-electron chi connectivity index (χ1n) is 8.56. The first-order valence-corrected chi connectivity index (χ1v) is 10.4. The van der Waals surface area contributed by atoms with Crippen molar-refractivity contribution < 1.29 is 18.9 Å². The van der Waals surface area contributed by atoms with Crippen LogP contribution in [-0.2, 0) is 14.5 Å². The van der Waals surface area contributed by atoms with Crippen LogP contribution in [0.25, 0.3) is 0 Å². The van der Waals surface area contributed by atoms with Crippen molar-refractivity contribution in [1.82, 2.24) is 0 Å². The second kappa shape index (κ2) is 7.52. The fraction of sp³-hybridized carbons (Fsp3) is 0.474. The van der Waals surface area contributed by atoms with Crippen LogP contribution in [0.1, 0.15) is 54.6 Å². The molecule has 1 aliphatic carbocycles. The van der Waals surface area contributed by atoms with Crippen LogP contribution in [0.2, 0.25) is 0 Å². The number of benzene rings is 1. The van der Waals surface area contributed by atoms with E-state index < -0.39 is 15.5 Å². The van der Waals surface area contributed by atoms with Gasteiger partial charge in [0.25, 0.3) is 0 Å². The Morgan fingerprint density at radius 3 is 2.40 bits per heavy atom. The molecule has 1 aromatic rings. The molecule has 0 aromatic heterocycles. The standard InChI is InChI=1S/C19H25NO4S/c1-5-25(24,6-2)20-18-12(3)10-11-14(13(18)4)19(23)17-15(21)8-7-9-16(17)22/h10-11,21H,5-9H2,1-4H3. The Morgan fingerprint density at radius 1 is 1.20 bits per heavy atom. The zero-order chi connectivity index (χ0) is 18.8. The predicted octanol–water partition coefficient (Wildman–Crippen LogP) is 4.19. The molecule has 1 aromatic carbocycles. The Labute approximate surface area is 149 Å². The summed E-state index contributed by atoms with van der Waals surface area (Å²) in [6.45, 7) is 7.26. The van der Waals surface area contributed by atoms with Crippen LogP contribution in [0.5, 0.6) is 0 Å². The smallest absolute Gasteiger partial charge is 0.200 e. The van der Waals surface area contributed by atoms with E-state index in [9.17, 15) is 18.9 Å². The largest absolute Gasteiger partial charge is 0.511 e. The van der Waals surface area contributed by atoms with Crippen molar-refractivity contribution in [3.63, 3.8) is 0 Å². The molecule has 0 saturated heterocycles. The molecule has 0 aliphatic heterocycles. The number of Topliss-reactive ketones (excluding diaryl/α,β-unsaturated/α-hetero) is 2. The Kier molecular flexibility index (Phi) is 5.83. The van der Waals surface area contributed by atoms with Gasteiger partial charge < -0.3 is 5.11 Å². The van der Waals surface area contributed by atoms with Gasteiger partial charge in [-0.05, 0) is 31.4 Å². The van der Waals surface area contributed by atoms with Crippen LogP contribution in [0, 0.1) is 13.8 Å². The summed E-state index contributed by atoms with van der Waals surface area (Å²) >= 11 is 0. The zero-order valence-corrected chi connectivity index (χ0v) is 16.0. The molecule has 0 spiro atoms. The van der Waals surface area contributed by atoms with Crippen molar-refractivity contribution in [1.29, 1.82) is 0 Å². The van der Waals surface area contributed by atoms with E-state index in [0.29, 0.717) is 41.2 Å². The lowest BCUT2D eigenvalue weighted by molar-refractivity contribution is -0.116. The molecule has 136 valence electrons. The maximum absolute atomic E-state index is 12.9. The number of hydrogen-bond acceptors (Lipinski definition) is 5. The number of aliphatic hydroxyl groups is 1. The highest BCUT2D eigenvalue weighted by molar-refractivity contribution is 7.93. The normalized spacial score (nSPS) is 15.4. The number of allylic oxidation sites excluding steroid dienone is 2. The summed E-state index contributed by atoms with van der Waals surface area (Å²) in [7, 11) is -2.37. The van der Waals surface area contributed by atoms with Gasteiger partial charge in [-0.2, -0.15) is 4.36 Å². The maximum atomic E-state index is 12.9. The molecular weight excluding hydrogens is 338 g/mol. The van der Waals surface area contributed by atoms with Gasteiger partial charge in [-0.1, -0.05) is 26.0 Å². The molecule has 1 N–H and O–H groups in total. The molecule has 0 bridgehead atoms. The van der Waals surface area contributed by atoms with E-state index in [0.717, 1.165) is 5.56 Å². The summed E-state index contributed by atoms with van der Waals surface area (Å²) < 4.78 is 17.2. The number of carbonyl (C=O) groups excluding carboxylic acids is 2. The molecule has 0 amide bonds. The lowest BCUT2D eigenvalue weighted by Crippen LogP contribution is -2.20. The second-order valence-corrected chi connectivity index (χ2v) is 9.15. The van der Waals surface area contributed by atoms with E-state index >= 15 is 0 Å². The summed E-state index contributed by atoms with van der Waals surface area (Å²) in [6.07, 6.45) is 1.17. The quantitative estimate of drug-likeness (QED) is 0.628. The first-order chi connectivity index (χ1) is 11.7. The third-order valence-corrected chi connectivity index (χ3v) is 6.97. The SMILES string of the molecule is CCS(=O)(CC)=Nc1c(C)ccc(C(=O)C2=C(O)CCCC2=O)c1C. The number of carbonyl (C=O) groups is 2. The maximum Gasteiger partial charge on any atom is 0.200 e. The number of nitrogens with zero attached hydrogens (tertiary/aromatic N) is 1. The summed E-state index contributed by atoms with van der Waals surface area (Å²) in [4.78, 5) is 25.0. The minimum atomic E-state index is -2.37. The Morgan fingerprint density at radius 2 is 1.84 bits per heavy atom. The second-order valence-electron chi connectivity index (χ2n) is 6.27. The van der Waals surface area contributed by atoms with Gasteiger partial charge in [0.15, 0.2) is 11.6 Å². The van der Waals surface area contributed by atoms with E-state index in [1.807, 2.05) is 20.8 Å². The van der Waals surface area contributed by atoms with E-state index in [4.69, 9.17) is 0 Å². The summed E-state index contributed by atoms with van der Waals surface area (Å²) in [5.74, 6) is -0.0601. The molecule has 25 heavy (non-hydrogen) atoms. The van der Waals surface area contributed by atoms with E-state index in [1.165, 1.54) is 0 Å². The van der Waals surface area contributed by atoms with Crippen molar-refractivity contribution in [2.24, 2.45) is 4.36 Å². The van der Waals surface area contributed by atoms with Crippen molar-refractivity contribution in [2.75, 3.05) is 11.5 Å². The summed E-state index contributed by atoms with van der Waals surface area (Å²) in [5, 5.41) is 10.0. The van der Waals surface area contributed by atoms with Gasteiger partial charge in [-0.25, -0.2) is 4.21 Å². The van der Waals surface area contributed by atoms with Crippen LogP contribution in [0.3, 0.4) is 0 Å². The molecule has 5 nitrogen and oxygen atoms in total. The van der Waals surface area contributed by atoms with E-state index in [2.05, 4.69) is 4.36 Å². The molecular formula is C19H25NO4S. The van der Waals surface area contributed by atoms with Crippen LogP contribution in [0.4, 0.5) is 5.69 Å². The van der Waals surface area contributed by atoms with E-state index in [-0.39, 0.29) is 23.5 Å². The summed E-state index contributed by atoms with van der Waals surface area (Å²) in [6, 6.07) is 3.39. The predicted molar refractivity (Wildman–Crippen MR) is 100 cm³/mol. The lowest BCUT2D eigenvalue weighted by atomic mass is 9.88. The first kappa shape index (κ1) is 19.4. The van der Waals surface area contributed by atoms with Crippen LogP contribution in [0.15, 0.2) is 27.8 Å². The van der Waals surface area contributed by atoms with Gasteiger partial charge in [0, 0.05) is 29.9 Å². The molecule has 0 heterocycles. The van der Waals surface area contributed by atoms with Crippen molar-refractivity contribution in [3.8, 4) is 0 Å². The zero-order valence-electron chi connectivity index (χ0n) is 15.2. The highest BCUT2D eigenvalue weighted by Gasteiger charge is 2.29. The Hall–Kier alpha value is -1.95. The molecule has 0 saturated carbocycles. The van der Waals surface area contributed by atoms with Crippen molar-refractivity contribution in [2.45, 2.75) is 47.0 Å². The van der Waals surface area contributed by atoms with Gasteiger partial charge in [0.05, 0.1) is 15.4 Å². The number of rotatable bonds is 5. The van der Waals surface area contributed by atoms with E-state index in [1.54, 1.807) is 19.1 Å². The molecule has 6 heteroatoms. The van der Waals surface area contributed by atoms with Crippen LogP contribution in [-0.4, -0.2) is 32.4 Å². The average Bonchev–Trinajstić information content (AvgIpc) is 2.58. The average molecular weight is 363 g/mol. The number of aliphatic hydroxyl groups excluding tert-OH is 1. The highest BCUT2D eigenvalue weighted by atomic mass is 32.2. The number of aryl methyl sites for hydroxylation is 1. The monoisotopic (exact) mass is 363 g/mol. The minimum Gasteiger partial charge on any atom is -0.511 e. The van der Waals surface area contributed by atoms with Crippen molar-refractivity contribution in [3.05, 3.63) is 40.2 Å². The highest BCUT2D eigenvalue weighted by Crippen LogP contribution is 2.31. The van der Waals surface area contributed by atoms with Crippen LogP contribution >= 0.6 is 0 Å². The minimum absolute atomic E-state index is 0.115. The van der Waals surface area contributed by atoms with Gasteiger partial charge >= 0.3 is 0 Å². The van der Waals surface area contributed by atoms with Gasteiger partial charge in [-0.15, -0.1) is 0 Å². The number of ketones is 2. The molecule has 0 atom stereocenters. The molecule has 0 radical (unpaired) electrons. The van der Waals surface area contributed by atoms with Crippen molar-refractivity contribution >= 4 is 27.0 Å². The third-order valence-electron chi connectivity index (χ3n) is 4.65. The fourth-order valence-electron chi connectivity index (χ4n) is 2.94. The van der Waals surface area contributed by atoms with Gasteiger partial charge in [0.1, 0.15) is 11.3 Å². The third kappa shape index (κ3) is 3.84. The fourth-order valence-corrected chi connectivity index (χ4v) is 4.22. The molecule has 0 unspecified atom stereocenters. The Balaban J connectivity index is 2.63. The molecule has 1 aliphatic rings. The Bertz CT molecular complexity index is 864.